The molecule has 20 heavy (non-hydrogen) atoms. The first kappa shape index (κ1) is 14.0. The SMILES string of the molecule is CC(C)(C)n1cc(CNC2CCN(C3CC3)CC2)nn1. The fraction of sp³-hybridized carbons (Fsp3) is 0.867. The van der Waals surface area contributed by atoms with E-state index in [1.807, 2.05) is 4.68 Å². The first-order valence-corrected chi connectivity index (χ1v) is 7.91. The molecular formula is C15H27N5. The van der Waals surface area contributed by atoms with Crippen LogP contribution >= 0.6 is 0 Å². The maximum Gasteiger partial charge on any atom is 0.0965 e. The van der Waals surface area contributed by atoms with Crippen LogP contribution in [0.4, 0.5) is 0 Å². The van der Waals surface area contributed by atoms with Crippen molar-refractivity contribution in [2.45, 2.75) is 70.6 Å². The van der Waals surface area contributed by atoms with Crippen LogP contribution in [0.3, 0.4) is 0 Å². The minimum Gasteiger partial charge on any atom is -0.308 e. The maximum absolute atomic E-state index is 4.26. The lowest BCUT2D eigenvalue weighted by molar-refractivity contribution is 0.189. The van der Waals surface area contributed by atoms with E-state index in [1.165, 1.54) is 38.8 Å². The second kappa shape index (κ2) is 5.45. The van der Waals surface area contributed by atoms with Crippen LogP contribution in [-0.2, 0) is 12.1 Å². The zero-order chi connectivity index (χ0) is 14.2. The Kier molecular flexibility index (Phi) is 3.82. The molecule has 0 spiro atoms. The molecular weight excluding hydrogens is 250 g/mol. The summed E-state index contributed by atoms with van der Waals surface area (Å²) >= 11 is 0. The fourth-order valence-electron chi connectivity index (χ4n) is 2.86. The van der Waals surface area contributed by atoms with Crippen molar-refractivity contribution in [1.29, 1.82) is 0 Å². The normalized spacial score (nSPS) is 22.4. The van der Waals surface area contributed by atoms with Crippen LogP contribution in [-0.4, -0.2) is 45.1 Å². The van der Waals surface area contributed by atoms with Gasteiger partial charge < -0.3 is 10.2 Å². The molecule has 0 unspecified atom stereocenters. The lowest BCUT2D eigenvalue weighted by atomic mass is 10.0. The quantitative estimate of drug-likeness (QED) is 0.911. The van der Waals surface area contributed by atoms with Gasteiger partial charge in [0.15, 0.2) is 0 Å². The Labute approximate surface area is 121 Å². The van der Waals surface area contributed by atoms with Crippen molar-refractivity contribution >= 4 is 0 Å². The number of rotatable bonds is 4. The number of piperidine rings is 1. The van der Waals surface area contributed by atoms with E-state index >= 15 is 0 Å². The van der Waals surface area contributed by atoms with Gasteiger partial charge in [-0.3, -0.25) is 0 Å². The molecule has 1 saturated carbocycles. The summed E-state index contributed by atoms with van der Waals surface area (Å²) in [5.41, 5.74) is 1.06. The highest BCUT2D eigenvalue weighted by Crippen LogP contribution is 2.29. The highest BCUT2D eigenvalue weighted by molar-refractivity contribution is 4.95. The monoisotopic (exact) mass is 277 g/mol. The minimum absolute atomic E-state index is 0.0147. The number of nitrogens with one attached hydrogen (secondary N) is 1. The molecule has 2 heterocycles. The Hall–Kier alpha value is -0.940. The van der Waals surface area contributed by atoms with Crippen LogP contribution in [0.2, 0.25) is 0 Å². The number of aromatic nitrogens is 3. The zero-order valence-corrected chi connectivity index (χ0v) is 13.0. The second-order valence-electron chi connectivity index (χ2n) is 7.25. The van der Waals surface area contributed by atoms with Gasteiger partial charge in [0.1, 0.15) is 0 Å². The summed E-state index contributed by atoms with van der Waals surface area (Å²) in [4.78, 5) is 2.66. The average Bonchev–Trinajstić information content (AvgIpc) is 3.14. The van der Waals surface area contributed by atoms with Gasteiger partial charge in [0.05, 0.1) is 17.4 Å². The summed E-state index contributed by atoms with van der Waals surface area (Å²) in [6.07, 6.45) is 7.45. The lowest BCUT2D eigenvalue weighted by Gasteiger charge is -2.32. The van der Waals surface area contributed by atoms with Crippen molar-refractivity contribution in [3.63, 3.8) is 0 Å². The molecule has 2 aliphatic rings. The molecule has 0 amide bonds. The van der Waals surface area contributed by atoms with Crippen LogP contribution in [0.15, 0.2) is 6.20 Å². The Morgan fingerprint density at radius 3 is 2.45 bits per heavy atom. The molecule has 5 nitrogen and oxygen atoms in total. The lowest BCUT2D eigenvalue weighted by Crippen LogP contribution is -2.43. The van der Waals surface area contributed by atoms with Gasteiger partial charge in [-0.15, -0.1) is 5.10 Å². The van der Waals surface area contributed by atoms with Crippen LogP contribution in [0.1, 0.15) is 52.1 Å². The Morgan fingerprint density at radius 1 is 1.20 bits per heavy atom. The third-order valence-electron chi connectivity index (χ3n) is 4.39. The van der Waals surface area contributed by atoms with Crippen LogP contribution in [0, 0.1) is 0 Å². The molecule has 0 atom stereocenters. The van der Waals surface area contributed by atoms with E-state index in [1.54, 1.807) is 0 Å². The van der Waals surface area contributed by atoms with Gasteiger partial charge in [0.25, 0.3) is 0 Å². The van der Waals surface area contributed by atoms with Crippen LogP contribution < -0.4 is 5.32 Å². The molecule has 1 aliphatic heterocycles. The van der Waals surface area contributed by atoms with Crippen molar-refractivity contribution in [2.24, 2.45) is 0 Å². The molecule has 1 N–H and O–H groups in total. The van der Waals surface area contributed by atoms with E-state index in [4.69, 9.17) is 0 Å². The van der Waals surface area contributed by atoms with Gasteiger partial charge in [-0.2, -0.15) is 0 Å². The standard InChI is InChI=1S/C15H27N5/c1-15(2,3)20-11-13(17-18-20)10-16-12-6-8-19(9-7-12)14-4-5-14/h11-12,14,16H,4-10H2,1-3H3. The first-order chi connectivity index (χ1) is 9.52. The van der Waals surface area contributed by atoms with E-state index in [9.17, 15) is 0 Å². The fourth-order valence-corrected chi connectivity index (χ4v) is 2.86. The molecule has 112 valence electrons. The van der Waals surface area contributed by atoms with Gasteiger partial charge in [-0.25, -0.2) is 4.68 Å². The topological polar surface area (TPSA) is 46.0 Å². The van der Waals surface area contributed by atoms with Crippen molar-refractivity contribution in [1.82, 2.24) is 25.2 Å². The van der Waals surface area contributed by atoms with Crippen LogP contribution in [0.25, 0.3) is 0 Å². The molecule has 5 heteroatoms. The summed E-state index contributed by atoms with van der Waals surface area (Å²) in [6, 6.07) is 1.56. The molecule has 0 radical (unpaired) electrons. The summed E-state index contributed by atoms with van der Waals surface area (Å²) < 4.78 is 1.94. The summed E-state index contributed by atoms with van der Waals surface area (Å²) in [5, 5.41) is 12.1. The van der Waals surface area contributed by atoms with Crippen molar-refractivity contribution in [2.75, 3.05) is 13.1 Å². The second-order valence-corrected chi connectivity index (χ2v) is 7.25. The van der Waals surface area contributed by atoms with Crippen molar-refractivity contribution < 1.29 is 0 Å². The Bertz CT molecular complexity index is 435. The number of nitrogens with zero attached hydrogens (tertiary/aromatic N) is 4. The summed E-state index contributed by atoms with van der Waals surface area (Å²) in [7, 11) is 0. The molecule has 1 aromatic heterocycles. The smallest absolute Gasteiger partial charge is 0.0965 e. The van der Waals surface area contributed by atoms with Crippen molar-refractivity contribution in [3.05, 3.63) is 11.9 Å². The highest BCUT2D eigenvalue weighted by Gasteiger charge is 2.31. The molecule has 0 aromatic carbocycles. The van der Waals surface area contributed by atoms with Gasteiger partial charge >= 0.3 is 0 Å². The van der Waals surface area contributed by atoms with Gasteiger partial charge in [-0.05, 0) is 59.5 Å². The third-order valence-corrected chi connectivity index (χ3v) is 4.39. The van der Waals surface area contributed by atoms with Crippen molar-refractivity contribution in [3.8, 4) is 0 Å². The van der Waals surface area contributed by atoms with Gasteiger partial charge in [0, 0.05) is 18.6 Å². The molecule has 1 aromatic rings. The molecule has 0 bridgehead atoms. The molecule has 1 aliphatic carbocycles. The van der Waals surface area contributed by atoms with E-state index in [-0.39, 0.29) is 5.54 Å². The van der Waals surface area contributed by atoms with E-state index in [0.29, 0.717) is 6.04 Å². The summed E-state index contributed by atoms with van der Waals surface area (Å²) in [5.74, 6) is 0. The summed E-state index contributed by atoms with van der Waals surface area (Å²) in [6.45, 7) is 9.80. The molecule has 1 saturated heterocycles. The molecule has 3 rings (SSSR count). The highest BCUT2D eigenvalue weighted by atomic mass is 15.4. The molecule has 2 fully saturated rings. The zero-order valence-electron chi connectivity index (χ0n) is 13.0. The third kappa shape index (κ3) is 3.38. The maximum atomic E-state index is 4.26. The van der Waals surface area contributed by atoms with Crippen LogP contribution in [0.5, 0.6) is 0 Å². The van der Waals surface area contributed by atoms with Gasteiger partial charge in [0.2, 0.25) is 0 Å². The average molecular weight is 277 g/mol. The van der Waals surface area contributed by atoms with Gasteiger partial charge in [-0.1, -0.05) is 5.21 Å². The van der Waals surface area contributed by atoms with E-state index in [0.717, 1.165) is 18.3 Å². The minimum atomic E-state index is 0.0147. The number of hydrogen-bond acceptors (Lipinski definition) is 4. The Morgan fingerprint density at radius 2 is 1.90 bits per heavy atom. The van der Waals surface area contributed by atoms with E-state index < -0.39 is 0 Å². The Balaban J connectivity index is 1.44. The largest absolute Gasteiger partial charge is 0.308 e. The van der Waals surface area contributed by atoms with E-state index in [2.05, 4.69) is 47.5 Å². The number of hydrogen-bond donors (Lipinski definition) is 1. The first-order valence-electron chi connectivity index (χ1n) is 7.91. The predicted octanol–water partition coefficient (Wildman–Crippen LogP) is 1.75. The predicted molar refractivity (Wildman–Crippen MR) is 79.5 cm³/mol. The number of likely N-dealkylation sites (tertiary alicyclic amines) is 1.